The molecule has 1 aromatic rings. The van der Waals surface area contributed by atoms with Gasteiger partial charge in [0.15, 0.2) is 0 Å². The number of alkyl halides is 2. The Hall–Kier alpha value is -1.48. The van der Waals surface area contributed by atoms with Crippen molar-refractivity contribution in [1.82, 2.24) is 0 Å². The molecule has 0 aliphatic carbocycles. The average molecular weight is 304 g/mol. The molecule has 0 radical (unpaired) electrons. The van der Waals surface area contributed by atoms with Crippen molar-refractivity contribution in [3.63, 3.8) is 0 Å². The summed E-state index contributed by atoms with van der Waals surface area (Å²) in [4.78, 5) is 11.1. The van der Waals surface area contributed by atoms with Gasteiger partial charge in [0.1, 0.15) is 0 Å². The maximum absolute atomic E-state index is 12.6. The second-order valence-electron chi connectivity index (χ2n) is 3.16. The average Bonchev–Trinajstić information content (AvgIpc) is 2.30. The van der Waals surface area contributed by atoms with Crippen LogP contribution in [0.4, 0.5) is 8.78 Å². The van der Waals surface area contributed by atoms with Crippen molar-refractivity contribution in [3.05, 3.63) is 33.3 Å². The number of carbonyl (C=O) groups is 1. The number of rotatable bonds is 3. The molecule has 0 saturated carbocycles. The van der Waals surface area contributed by atoms with E-state index in [9.17, 15) is 13.6 Å². The third kappa shape index (κ3) is 3.01. The van der Waals surface area contributed by atoms with Crippen molar-refractivity contribution in [2.75, 3.05) is 7.11 Å². The fourth-order valence-electron chi connectivity index (χ4n) is 1.30. The van der Waals surface area contributed by atoms with Gasteiger partial charge in [-0.3, -0.25) is 4.79 Å². The van der Waals surface area contributed by atoms with E-state index >= 15 is 0 Å². The summed E-state index contributed by atoms with van der Waals surface area (Å²) in [5.41, 5.74) is 0.145. The van der Waals surface area contributed by atoms with Crippen LogP contribution in [-0.4, -0.2) is 13.1 Å². The summed E-state index contributed by atoms with van der Waals surface area (Å²) in [6.07, 6.45) is -2.89. The van der Waals surface area contributed by atoms with Crippen molar-refractivity contribution in [2.24, 2.45) is 0 Å². The number of benzene rings is 1. The molecule has 0 bridgehead atoms. The second-order valence-corrected chi connectivity index (χ2v) is 3.95. The summed E-state index contributed by atoms with van der Waals surface area (Å²) in [6.45, 7) is 0. The van der Waals surface area contributed by atoms with Crippen molar-refractivity contribution in [2.45, 2.75) is 12.8 Å². The number of carbonyl (C=O) groups excluding carboxylic acids is 1. The molecule has 90 valence electrons. The van der Waals surface area contributed by atoms with E-state index in [4.69, 9.17) is 5.26 Å². The SMILES string of the molecule is COC(=O)Cc1c(C#N)ccc(C(F)F)c1Br. The van der Waals surface area contributed by atoms with E-state index in [1.54, 1.807) is 0 Å². The van der Waals surface area contributed by atoms with Crippen molar-refractivity contribution in [1.29, 1.82) is 5.26 Å². The number of nitriles is 1. The Labute approximate surface area is 105 Å². The van der Waals surface area contributed by atoms with E-state index in [0.29, 0.717) is 0 Å². The van der Waals surface area contributed by atoms with Crippen LogP contribution in [0.25, 0.3) is 0 Å². The molecule has 17 heavy (non-hydrogen) atoms. The van der Waals surface area contributed by atoms with Crippen LogP contribution in [0.15, 0.2) is 16.6 Å². The Balaban J connectivity index is 3.28. The highest BCUT2D eigenvalue weighted by Gasteiger charge is 2.19. The highest BCUT2D eigenvalue weighted by Crippen LogP contribution is 2.32. The topological polar surface area (TPSA) is 50.1 Å². The first-order valence-electron chi connectivity index (χ1n) is 4.57. The van der Waals surface area contributed by atoms with Crippen LogP contribution in [0.5, 0.6) is 0 Å². The summed E-state index contributed by atoms with van der Waals surface area (Å²) in [7, 11) is 1.19. The standard InChI is InChI=1S/C11H8BrF2NO2/c1-17-9(16)4-8-6(5-15)2-3-7(10(8)12)11(13)14/h2-3,11H,4H2,1H3. The fourth-order valence-corrected chi connectivity index (χ4v) is 1.96. The summed E-state index contributed by atoms with van der Waals surface area (Å²) >= 11 is 2.99. The molecule has 0 aliphatic heterocycles. The maximum Gasteiger partial charge on any atom is 0.310 e. The molecule has 3 nitrogen and oxygen atoms in total. The summed E-state index contributed by atoms with van der Waals surface area (Å²) < 4.78 is 29.8. The van der Waals surface area contributed by atoms with E-state index in [-0.39, 0.29) is 27.6 Å². The molecule has 0 saturated heterocycles. The number of esters is 1. The van der Waals surface area contributed by atoms with Crippen LogP contribution >= 0.6 is 15.9 Å². The Morgan fingerprint density at radius 2 is 2.24 bits per heavy atom. The first kappa shape index (κ1) is 13.6. The van der Waals surface area contributed by atoms with Gasteiger partial charge in [0, 0.05) is 10.0 Å². The lowest BCUT2D eigenvalue weighted by Gasteiger charge is -2.10. The largest absolute Gasteiger partial charge is 0.469 e. The molecular weight excluding hydrogens is 296 g/mol. The summed E-state index contributed by atoms with van der Waals surface area (Å²) in [5.74, 6) is -0.589. The number of methoxy groups -OCH3 is 1. The van der Waals surface area contributed by atoms with Gasteiger partial charge < -0.3 is 4.74 Å². The molecule has 0 aliphatic rings. The lowest BCUT2D eigenvalue weighted by molar-refractivity contribution is -0.139. The van der Waals surface area contributed by atoms with Crippen LogP contribution < -0.4 is 0 Å². The number of hydrogen-bond acceptors (Lipinski definition) is 3. The van der Waals surface area contributed by atoms with Crippen LogP contribution in [0, 0.1) is 11.3 Å². The minimum absolute atomic E-state index is 0.0805. The van der Waals surface area contributed by atoms with E-state index in [0.717, 1.165) is 6.07 Å². The number of nitrogens with zero attached hydrogens (tertiary/aromatic N) is 1. The molecule has 0 heterocycles. The molecule has 0 aromatic heterocycles. The van der Waals surface area contributed by atoms with Gasteiger partial charge >= 0.3 is 5.97 Å². The Morgan fingerprint density at radius 3 is 2.71 bits per heavy atom. The van der Waals surface area contributed by atoms with Crippen LogP contribution in [-0.2, 0) is 16.0 Å². The molecule has 0 spiro atoms. The zero-order chi connectivity index (χ0) is 13.0. The lowest BCUT2D eigenvalue weighted by atomic mass is 10.0. The quantitative estimate of drug-likeness (QED) is 0.807. The first-order valence-corrected chi connectivity index (χ1v) is 5.36. The van der Waals surface area contributed by atoms with Crippen LogP contribution in [0.2, 0.25) is 0 Å². The van der Waals surface area contributed by atoms with Gasteiger partial charge in [0.05, 0.1) is 25.2 Å². The smallest absolute Gasteiger partial charge is 0.310 e. The van der Waals surface area contributed by atoms with Gasteiger partial charge in [-0.2, -0.15) is 5.26 Å². The van der Waals surface area contributed by atoms with Gasteiger partial charge in [-0.15, -0.1) is 0 Å². The van der Waals surface area contributed by atoms with Crippen molar-refractivity contribution >= 4 is 21.9 Å². The molecule has 0 atom stereocenters. The Kier molecular flexibility index (Phi) is 4.58. The van der Waals surface area contributed by atoms with Gasteiger partial charge in [0.25, 0.3) is 6.43 Å². The third-order valence-electron chi connectivity index (χ3n) is 2.18. The molecule has 1 aromatic carbocycles. The Bertz CT molecular complexity index is 483. The van der Waals surface area contributed by atoms with E-state index in [1.165, 1.54) is 13.2 Å². The molecule has 0 unspecified atom stereocenters. The van der Waals surface area contributed by atoms with Crippen LogP contribution in [0.1, 0.15) is 23.1 Å². The van der Waals surface area contributed by atoms with E-state index in [2.05, 4.69) is 20.7 Å². The predicted molar refractivity (Wildman–Crippen MR) is 59.5 cm³/mol. The fraction of sp³-hybridized carbons (Fsp3) is 0.273. The zero-order valence-corrected chi connectivity index (χ0v) is 10.4. The van der Waals surface area contributed by atoms with Gasteiger partial charge in [-0.25, -0.2) is 8.78 Å². The maximum atomic E-state index is 12.6. The molecule has 0 fully saturated rings. The molecule has 0 N–H and O–H groups in total. The molecule has 1 rings (SSSR count). The molecular formula is C11H8BrF2NO2. The number of ether oxygens (including phenoxy) is 1. The van der Waals surface area contributed by atoms with Gasteiger partial charge in [0.2, 0.25) is 0 Å². The molecule has 6 heteroatoms. The number of hydrogen-bond donors (Lipinski definition) is 0. The second kappa shape index (κ2) is 5.73. The van der Waals surface area contributed by atoms with Crippen molar-refractivity contribution in [3.8, 4) is 6.07 Å². The highest BCUT2D eigenvalue weighted by molar-refractivity contribution is 9.10. The van der Waals surface area contributed by atoms with Crippen molar-refractivity contribution < 1.29 is 18.3 Å². The zero-order valence-electron chi connectivity index (χ0n) is 8.84. The highest BCUT2D eigenvalue weighted by atomic mass is 79.9. The van der Waals surface area contributed by atoms with E-state index in [1.807, 2.05) is 6.07 Å². The first-order chi connectivity index (χ1) is 8.01. The van der Waals surface area contributed by atoms with Gasteiger partial charge in [-0.05, 0) is 27.6 Å². The minimum Gasteiger partial charge on any atom is -0.469 e. The Morgan fingerprint density at radius 1 is 1.59 bits per heavy atom. The summed E-state index contributed by atoms with van der Waals surface area (Å²) in [5, 5.41) is 8.85. The van der Waals surface area contributed by atoms with Gasteiger partial charge in [-0.1, -0.05) is 6.07 Å². The molecule has 0 amide bonds. The predicted octanol–water partition coefficient (Wildman–Crippen LogP) is 2.97. The number of halogens is 3. The lowest BCUT2D eigenvalue weighted by Crippen LogP contribution is -2.08. The normalized spacial score (nSPS) is 10.1. The van der Waals surface area contributed by atoms with E-state index < -0.39 is 12.4 Å². The van der Waals surface area contributed by atoms with Crippen LogP contribution in [0.3, 0.4) is 0 Å². The summed E-state index contributed by atoms with van der Waals surface area (Å²) in [6, 6.07) is 4.28. The minimum atomic E-state index is -2.67. The monoisotopic (exact) mass is 303 g/mol. The third-order valence-corrected chi connectivity index (χ3v) is 3.11.